The highest BCUT2D eigenvalue weighted by Crippen LogP contribution is 2.23. The van der Waals surface area contributed by atoms with Gasteiger partial charge in [-0.3, -0.25) is 4.79 Å². The monoisotopic (exact) mass is 284 g/mol. The van der Waals surface area contributed by atoms with E-state index in [4.69, 9.17) is 0 Å². The summed E-state index contributed by atoms with van der Waals surface area (Å²) in [6.45, 7) is 2.97. The van der Waals surface area contributed by atoms with Crippen LogP contribution in [0, 0.1) is 17.2 Å². The molecule has 0 aromatic heterocycles. The fourth-order valence-electron chi connectivity index (χ4n) is 3.16. The number of carbonyl (C=O) groups excluding carboxylic acids is 1. The van der Waals surface area contributed by atoms with Crippen molar-refractivity contribution >= 4 is 5.91 Å². The second-order valence-electron chi connectivity index (χ2n) is 5.84. The Bertz CT molecular complexity index is 490. The minimum Gasteiger partial charge on any atom is -0.339 e. The van der Waals surface area contributed by atoms with E-state index in [9.17, 15) is 10.1 Å². The molecule has 2 rings (SSSR count). The van der Waals surface area contributed by atoms with Crippen LogP contribution < -0.4 is 0 Å². The molecular formula is C18H24N2O. The van der Waals surface area contributed by atoms with Gasteiger partial charge in [-0.25, -0.2) is 0 Å². The van der Waals surface area contributed by atoms with Gasteiger partial charge in [0.15, 0.2) is 0 Å². The van der Waals surface area contributed by atoms with Crippen LogP contribution in [0.3, 0.4) is 0 Å². The number of amides is 1. The molecule has 2 unspecified atom stereocenters. The summed E-state index contributed by atoms with van der Waals surface area (Å²) in [5, 5.41) is 9.41. The Morgan fingerprint density at radius 2 is 2.14 bits per heavy atom. The van der Waals surface area contributed by atoms with E-state index in [0.29, 0.717) is 12.5 Å². The summed E-state index contributed by atoms with van der Waals surface area (Å²) >= 11 is 0. The smallest absolute Gasteiger partial charge is 0.240 e. The molecule has 1 saturated heterocycles. The highest BCUT2D eigenvalue weighted by atomic mass is 16.2. The molecule has 0 N–H and O–H groups in total. The lowest BCUT2D eigenvalue weighted by Gasteiger charge is -2.37. The van der Waals surface area contributed by atoms with Crippen molar-refractivity contribution in [1.29, 1.82) is 5.26 Å². The van der Waals surface area contributed by atoms with Crippen molar-refractivity contribution in [1.82, 2.24) is 4.90 Å². The Hall–Kier alpha value is -1.82. The Balaban J connectivity index is 2.06. The fraction of sp³-hybridized carbons (Fsp3) is 0.556. The van der Waals surface area contributed by atoms with Crippen LogP contribution in [0.4, 0.5) is 0 Å². The largest absolute Gasteiger partial charge is 0.339 e. The molecule has 1 amide bonds. The van der Waals surface area contributed by atoms with Crippen molar-refractivity contribution in [3.05, 3.63) is 35.9 Å². The Labute approximate surface area is 127 Å². The van der Waals surface area contributed by atoms with Crippen molar-refractivity contribution in [2.45, 2.75) is 51.5 Å². The minimum atomic E-state index is -0.551. The number of hydrogen-bond donors (Lipinski definition) is 0. The molecule has 0 saturated carbocycles. The van der Waals surface area contributed by atoms with Crippen LogP contribution in [-0.2, 0) is 11.2 Å². The van der Waals surface area contributed by atoms with Crippen LogP contribution in [0.5, 0.6) is 0 Å². The first-order valence-electron chi connectivity index (χ1n) is 8.00. The van der Waals surface area contributed by atoms with E-state index >= 15 is 0 Å². The van der Waals surface area contributed by atoms with Crippen molar-refractivity contribution < 1.29 is 4.79 Å². The Morgan fingerprint density at radius 1 is 1.38 bits per heavy atom. The third-order valence-electron chi connectivity index (χ3n) is 4.27. The van der Waals surface area contributed by atoms with Gasteiger partial charge >= 0.3 is 0 Å². The Morgan fingerprint density at radius 3 is 2.81 bits per heavy atom. The lowest BCUT2D eigenvalue weighted by Crippen LogP contribution is -2.46. The van der Waals surface area contributed by atoms with Gasteiger partial charge < -0.3 is 4.90 Å². The molecule has 0 radical (unpaired) electrons. The van der Waals surface area contributed by atoms with Crippen molar-refractivity contribution in [2.24, 2.45) is 5.92 Å². The van der Waals surface area contributed by atoms with Gasteiger partial charge in [0.1, 0.15) is 5.92 Å². The predicted molar refractivity (Wildman–Crippen MR) is 83.5 cm³/mol. The molecule has 0 spiro atoms. The molecule has 1 aromatic carbocycles. The van der Waals surface area contributed by atoms with E-state index in [2.05, 4.69) is 13.0 Å². The number of piperidine rings is 1. The lowest BCUT2D eigenvalue weighted by molar-refractivity contribution is -0.137. The van der Waals surface area contributed by atoms with Gasteiger partial charge in [0.05, 0.1) is 6.07 Å². The minimum absolute atomic E-state index is 0.0273. The van der Waals surface area contributed by atoms with Crippen LogP contribution in [-0.4, -0.2) is 23.4 Å². The zero-order valence-electron chi connectivity index (χ0n) is 12.8. The highest BCUT2D eigenvalue weighted by molar-refractivity contribution is 5.82. The molecule has 112 valence electrons. The van der Waals surface area contributed by atoms with Gasteiger partial charge in [0.2, 0.25) is 5.91 Å². The van der Waals surface area contributed by atoms with E-state index in [1.54, 1.807) is 0 Å². The van der Waals surface area contributed by atoms with E-state index in [-0.39, 0.29) is 5.91 Å². The molecule has 1 heterocycles. The third kappa shape index (κ3) is 4.07. The molecular weight excluding hydrogens is 260 g/mol. The summed E-state index contributed by atoms with van der Waals surface area (Å²) in [7, 11) is 0. The molecule has 1 aliphatic rings. The first-order chi connectivity index (χ1) is 10.3. The lowest BCUT2D eigenvalue weighted by atomic mass is 9.94. The maximum atomic E-state index is 12.7. The first kappa shape index (κ1) is 15.6. The highest BCUT2D eigenvalue weighted by Gasteiger charge is 2.31. The normalized spacial score (nSPS) is 19.8. The van der Waals surface area contributed by atoms with Crippen molar-refractivity contribution in [3.8, 4) is 6.07 Å². The van der Waals surface area contributed by atoms with Crippen LogP contribution in [0.15, 0.2) is 30.3 Å². The second kappa shape index (κ2) is 7.83. The SMILES string of the molecule is CCCC1CCCCN1C(=O)C(C#N)Cc1ccccc1. The van der Waals surface area contributed by atoms with E-state index in [1.165, 1.54) is 6.42 Å². The third-order valence-corrected chi connectivity index (χ3v) is 4.27. The molecule has 0 aliphatic carbocycles. The summed E-state index contributed by atoms with van der Waals surface area (Å²) in [5.74, 6) is -0.524. The molecule has 3 heteroatoms. The summed E-state index contributed by atoms with van der Waals surface area (Å²) in [6.07, 6.45) is 6.01. The number of hydrogen-bond acceptors (Lipinski definition) is 2. The number of nitrogens with zero attached hydrogens (tertiary/aromatic N) is 2. The number of benzene rings is 1. The predicted octanol–water partition coefficient (Wildman–Crippen LogP) is 3.55. The van der Waals surface area contributed by atoms with Crippen molar-refractivity contribution in [2.75, 3.05) is 6.54 Å². The maximum absolute atomic E-state index is 12.7. The first-order valence-corrected chi connectivity index (χ1v) is 8.00. The zero-order valence-corrected chi connectivity index (χ0v) is 12.8. The standard InChI is InChI=1S/C18H24N2O/c1-2-8-17-11-6-7-12-20(17)18(21)16(14-19)13-15-9-4-3-5-10-15/h3-5,9-10,16-17H,2,6-8,11-13H2,1H3. The summed E-state index contributed by atoms with van der Waals surface area (Å²) in [4.78, 5) is 14.7. The molecule has 1 aliphatic heterocycles. The van der Waals surface area contributed by atoms with Crippen LogP contribution in [0.25, 0.3) is 0 Å². The zero-order chi connectivity index (χ0) is 15.1. The van der Waals surface area contributed by atoms with Crippen LogP contribution in [0.1, 0.15) is 44.6 Å². The van der Waals surface area contributed by atoms with Crippen LogP contribution in [0.2, 0.25) is 0 Å². The van der Waals surface area contributed by atoms with E-state index < -0.39 is 5.92 Å². The van der Waals surface area contributed by atoms with Gasteiger partial charge in [-0.15, -0.1) is 0 Å². The van der Waals surface area contributed by atoms with Gasteiger partial charge in [0.25, 0.3) is 0 Å². The second-order valence-corrected chi connectivity index (χ2v) is 5.84. The quantitative estimate of drug-likeness (QED) is 0.830. The van der Waals surface area contributed by atoms with E-state index in [0.717, 1.165) is 37.8 Å². The number of rotatable bonds is 5. The van der Waals surface area contributed by atoms with Crippen molar-refractivity contribution in [3.63, 3.8) is 0 Å². The Kier molecular flexibility index (Phi) is 5.80. The topological polar surface area (TPSA) is 44.1 Å². The van der Waals surface area contributed by atoms with Gasteiger partial charge in [-0.1, -0.05) is 43.7 Å². The van der Waals surface area contributed by atoms with E-state index in [1.807, 2.05) is 35.2 Å². The fourth-order valence-corrected chi connectivity index (χ4v) is 3.16. The van der Waals surface area contributed by atoms with Crippen LogP contribution >= 0.6 is 0 Å². The van der Waals surface area contributed by atoms with Gasteiger partial charge in [-0.05, 0) is 37.7 Å². The number of carbonyl (C=O) groups is 1. The average Bonchev–Trinajstić information content (AvgIpc) is 2.54. The number of nitriles is 1. The average molecular weight is 284 g/mol. The maximum Gasteiger partial charge on any atom is 0.240 e. The molecule has 1 aromatic rings. The number of likely N-dealkylation sites (tertiary alicyclic amines) is 1. The summed E-state index contributed by atoms with van der Waals surface area (Å²) in [6, 6.07) is 12.4. The molecule has 21 heavy (non-hydrogen) atoms. The van der Waals surface area contributed by atoms with Gasteiger partial charge in [-0.2, -0.15) is 5.26 Å². The van der Waals surface area contributed by atoms with Gasteiger partial charge in [0, 0.05) is 12.6 Å². The molecule has 1 fully saturated rings. The summed E-state index contributed by atoms with van der Waals surface area (Å²) in [5.41, 5.74) is 1.06. The molecule has 2 atom stereocenters. The molecule has 0 bridgehead atoms. The molecule has 3 nitrogen and oxygen atoms in total. The summed E-state index contributed by atoms with van der Waals surface area (Å²) < 4.78 is 0.